The maximum absolute atomic E-state index is 13.5. The lowest BCUT2D eigenvalue weighted by Gasteiger charge is -2.32. The molecule has 1 fully saturated rings. The zero-order chi connectivity index (χ0) is 26.2. The van der Waals surface area contributed by atoms with Crippen LogP contribution in [-0.2, 0) is 24.2 Å². The second kappa shape index (κ2) is 12.5. The van der Waals surface area contributed by atoms with Crippen molar-refractivity contribution in [1.29, 1.82) is 0 Å². The zero-order valence-corrected chi connectivity index (χ0v) is 21.8. The molecule has 1 aliphatic rings. The third kappa shape index (κ3) is 7.15. The summed E-state index contributed by atoms with van der Waals surface area (Å²) in [6.07, 6.45) is 6.29. The van der Waals surface area contributed by atoms with Crippen molar-refractivity contribution in [3.8, 4) is 0 Å². The molecule has 194 valence electrons. The molecule has 37 heavy (non-hydrogen) atoms. The van der Waals surface area contributed by atoms with Crippen molar-refractivity contribution < 1.29 is 14.7 Å². The van der Waals surface area contributed by atoms with Gasteiger partial charge in [0.1, 0.15) is 6.54 Å². The van der Waals surface area contributed by atoms with Gasteiger partial charge in [-0.3, -0.25) is 9.59 Å². The minimum Gasteiger partial charge on any atom is -0.480 e. The highest BCUT2D eigenvalue weighted by atomic mass is 16.4. The quantitative estimate of drug-likeness (QED) is 0.425. The molecule has 1 saturated heterocycles. The highest BCUT2D eigenvalue weighted by molar-refractivity contribution is 5.96. The number of rotatable bonds is 10. The number of piperidine rings is 1. The summed E-state index contributed by atoms with van der Waals surface area (Å²) in [4.78, 5) is 38.0. The maximum atomic E-state index is 13.5. The first-order valence-corrected chi connectivity index (χ1v) is 13.1. The number of benzene rings is 2. The number of anilines is 1. The smallest absolute Gasteiger partial charge is 0.323 e. The number of hydrogen-bond acceptors (Lipinski definition) is 5. The highest BCUT2D eigenvalue weighted by Crippen LogP contribution is 2.25. The number of hydrogen-bond donors (Lipinski definition) is 1. The molecule has 1 N–H and O–H groups in total. The predicted molar refractivity (Wildman–Crippen MR) is 145 cm³/mol. The number of aryl methyl sites for hydroxylation is 2. The number of carbonyl (C=O) groups is 2. The summed E-state index contributed by atoms with van der Waals surface area (Å²) in [6.45, 7) is 5.64. The molecule has 0 atom stereocenters. The van der Waals surface area contributed by atoms with Crippen LogP contribution in [0.15, 0.2) is 60.8 Å². The molecule has 7 heteroatoms. The Bertz CT molecular complexity index is 1190. The number of amides is 1. The Balaban J connectivity index is 1.48. The van der Waals surface area contributed by atoms with Crippen LogP contribution < -0.4 is 4.90 Å². The molecule has 0 saturated carbocycles. The first kappa shape index (κ1) is 26.3. The SMILES string of the molecule is CCCc1nc(N2CCC(Cc3ccccc3)CC2)ncc1C(=O)N(CC(=O)O)Cc1ccc(C)cc1. The van der Waals surface area contributed by atoms with E-state index in [1.807, 2.05) is 38.1 Å². The van der Waals surface area contributed by atoms with Gasteiger partial charge in [-0.25, -0.2) is 9.97 Å². The van der Waals surface area contributed by atoms with Crippen molar-refractivity contribution in [3.05, 3.63) is 88.7 Å². The van der Waals surface area contributed by atoms with E-state index in [4.69, 9.17) is 4.98 Å². The van der Waals surface area contributed by atoms with E-state index in [1.165, 1.54) is 10.5 Å². The van der Waals surface area contributed by atoms with Crippen LogP contribution in [0.25, 0.3) is 0 Å². The fourth-order valence-corrected chi connectivity index (χ4v) is 4.90. The van der Waals surface area contributed by atoms with Crippen molar-refractivity contribution >= 4 is 17.8 Å². The highest BCUT2D eigenvalue weighted by Gasteiger charge is 2.26. The van der Waals surface area contributed by atoms with Crippen LogP contribution in [0, 0.1) is 12.8 Å². The molecule has 0 radical (unpaired) electrons. The molecule has 0 aliphatic carbocycles. The van der Waals surface area contributed by atoms with Gasteiger partial charge in [-0.1, -0.05) is 73.5 Å². The van der Waals surface area contributed by atoms with E-state index in [2.05, 4.69) is 40.2 Å². The van der Waals surface area contributed by atoms with Gasteiger partial charge in [0.25, 0.3) is 5.91 Å². The van der Waals surface area contributed by atoms with E-state index in [1.54, 1.807) is 6.20 Å². The van der Waals surface area contributed by atoms with E-state index in [0.717, 1.165) is 49.9 Å². The van der Waals surface area contributed by atoms with E-state index >= 15 is 0 Å². The molecule has 3 aromatic rings. The summed E-state index contributed by atoms with van der Waals surface area (Å²) < 4.78 is 0. The average Bonchev–Trinajstić information content (AvgIpc) is 2.90. The van der Waals surface area contributed by atoms with Crippen LogP contribution in [0.5, 0.6) is 0 Å². The lowest BCUT2D eigenvalue weighted by Crippen LogP contribution is -2.37. The minimum atomic E-state index is -1.05. The number of aromatic nitrogens is 2. The Hall–Kier alpha value is -3.74. The molecule has 1 amide bonds. The second-order valence-electron chi connectivity index (χ2n) is 9.94. The van der Waals surface area contributed by atoms with E-state index in [0.29, 0.717) is 29.5 Å². The van der Waals surface area contributed by atoms with Crippen molar-refractivity contribution in [3.63, 3.8) is 0 Å². The van der Waals surface area contributed by atoms with Gasteiger partial charge < -0.3 is 14.9 Å². The summed E-state index contributed by atoms with van der Waals surface area (Å²) in [5, 5.41) is 9.47. The predicted octanol–water partition coefficient (Wildman–Crippen LogP) is 4.92. The number of nitrogens with zero attached hydrogens (tertiary/aromatic N) is 4. The van der Waals surface area contributed by atoms with Gasteiger partial charge in [0.05, 0.1) is 11.3 Å². The first-order valence-electron chi connectivity index (χ1n) is 13.1. The van der Waals surface area contributed by atoms with Crippen LogP contribution in [0.1, 0.15) is 58.9 Å². The van der Waals surface area contributed by atoms with Crippen molar-refractivity contribution in [2.75, 3.05) is 24.5 Å². The topological polar surface area (TPSA) is 86.6 Å². The minimum absolute atomic E-state index is 0.216. The molecule has 0 spiro atoms. The average molecular weight is 501 g/mol. The lowest BCUT2D eigenvalue weighted by atomic mass is 9.90. The van der Waals surface area contributed by atoms with Crippen LogP contribution in [0.3, 0.4) is 0 Å². The summed E-state index contributed by atoms with van der Waals surface area (Å²) >= 11 is 0. The Kier molecular flexibility index (Phi) is 8.88. The van der Waals surface area contributed by atoms with Gasteiger partial charge in [-0.2, -0.15) is 0 Å². The number of aliphatic carboxylic acids is 1. The molecule has 0 unspecified atom stereocenters. The number of carboxylic acids is 1. The van der Waals surface area contributed by atoms with Gasteiger partial charge in [-0.15, -0.1) is 0 Å². The maximum Gasteiger partial charge on any atom is 0.323 e. The fourth-order valence-electron chi connectivity index (χ4n) is 4.90. The van der Waals surface area contributed by atoms with Crippen LogP contribution in [0.2, 0.25) is 0 Å². The second-order valence-corrected chi connectivity index (χ2v) is 9.94. The third-order valence-corrected chi connectivity index (χ3v) is 6.94. The third-order valence-electron chi connectivity index (χ3n) is 6.94. The summed E-state index contributed by atoms with van der Waals surface area (Å²) in [5.41, 5.74) is 4.44. The normalized spacial score (nSPS) is 13.9. The molecule has 7 nitrogen and oxygen atoms in total. The molecule has 0 bridgehead atoms. The van der Waals surface area contributed by atoms with E-state index in [9.17, 15) is 14.7 Å². The molecule has 2 aromatic carbocycles. The summed E-state index contributed by atoms with van der Waals surface area (Å²) in [7, 11) is 0. The summed E-state index contributed by atoms with van der Waals surface area (Å²) in [5.74, 6) is -0.101. The number of carboxylic acid groups (broad SMARTS) is 1. The van der Waals surface area contributed by atoms with Crippen molar-refractivity contribution in [1.82, 2.24) is 14.9 Å². The van der Waals surface area contributed by atoms with Crippen LogP contribution in [-0.4, -0.2) is 51.5 Å². The molecular formula is C30H36N4O3. The molecule has 2 heterocycles. The van der Waals surface area contributed by atoms with Crippen molar-refractivity contribution in [2.45, 2.75) is 52.5 Å². The Labute approximate surface area is 219 Å². The van der Waals surface area contributed by atoms with Gasteiger partial charge in [-0.05, 0) is 49.7 Å². The van der Waals surface area contributed by atoms with E-state index < -0.39 is 5.97 Å². The van der Waals surface area contributed by atoms with Gasteiger partial charge in [0.15, 0.2) is 0 Å². The Morgan fingerprint density at radius 3 is 2.38 bits per heavy atom. The Morgan fingerprint density at radius 1 is 1.03 bits per heavy atom. The fraction of sp³-hybridized carbons (Fsp3) is 0.400. The molecule has 1 aliphatic heterocycles. The Morgan fingerprint density at radius 2 is 1.73 bits per heavy atom. The van der Waals surface area contributed by atoms with Gasteiger partial charge in [0, 0.05) is 25.8 Å². The molecule has 4 rings (SSSR count). The lowest BCUT2D eigenvalue weighted by molar-refractivity contribution is -0.137. The van der Waals surface area contributed by atoms with Crippen LogP contribution in [0.4, 0.5) is 5.95 Å². The number of carbonyl (C=O) groups excluding carboxylic acids is 1. The first-order chi connectivity index (χ1) is 17.9. The largest absolute Gasteiger partial charge is 0.480 e. The molecular weight excluding hydrogens is 464 g/mol. The van der Waals surface area contributed by atoms with Crippen LogP contribution >= 0.6 is 0 Å². The standard InChI is InChI=1S/C30H36N4O3/c1-3-7-27-26(29(37)34(21-28(35)36)20-25-12-10-22(2)11-13-25)19-31-30(32-27)33-16-14-24(15-17-33)18-23-8-5-4-6-9-23/h4-6,8-13,19,24H,3,7,14-18,20-21H2,1-2H3,(H,35,36). The van der Waals surface area contributed by atoms with Gasteiger partial charge in [0.2, 0.25) is 5.95 Å². The monoisotopic (exact) mass is 500 g/mol. The summed E-state index contributed by atoms with van der Waals surface area (Å²) in [6, 6.07) is 18.4. The van der Waals surface area contributed by atoms with Crippen molar-refractivity contribution in [2.24, 2.45) is 5.92 Å². The molecule has 1 aromatic heterocycles. The van der Waals surface area contributed by atoms with Gasteiger partial charge >= 0.3 is 5.97 Å². The zero-order valence-electron chi connectivity index (χ0n) is 21.8. The van der Waals surface area contributed by atoms with E-state index in [-0.39, 0.29) is 19.0 Å².